The Morgan fingerprint density at radius 1 is 0.947 bits per heavy atom. The van der Waals surface area contributed by atoms with E-state index in [1.54, 1.807) is 57.2 Å². The number of anilines is 3. The summed E-state index contributed by atoms with van der Waals surface area (Å²) >= 11 is 6.42. The molecule has 3 N–H and O–H groups in total. The summed E-state index contributed by atoms with van der Waals surface area (Å²) in [6.07, 6.45) is 0. The molecule has 202 valence electrons. The molecule has 0 bridgehead atoms. The molecule has 0 spiro atoms. The maximum Gasteiger partial charge on any atom is 0.348 e. The fraction of sp³-hybridized carbons (Fsp3) is 0.240. The van der Waals surface area contributed by atoms with E-state index < -0.39 is 22.0 Å². The topological polar surface area (TPSA) is 132 Å². The standard InChI is InChI=1S/C25H27N3O7S3/c1-5-34-23(29)20-15(3)21(24(30)35-6-2)37-22(20)27-25(36)26-16-11-13-17(14-12-16)38(31,32)28-18-9-7-8-10-19(18)33-4/h7-14,28H,5-6H2,1-4H3,(H2,26,27,36). The summed E-state index contributed by atoms with van der Waals surface area (Å²) in [4.78, 5) is 25.2. The number of carbonyl (C=O) groups excluding carboxylic acids is 2. The van der Waals surface area contributed by atoms with Crippen LogP contribution in [0.2, 0.25) is 0 Å². The SMILES string of the molecule is CCOC(=O)c1sc(NC(=S)Nc2ccc(S(=O)(=O)Nc3ccccc3OC)cc2)c(C(=O)OCC)c1C. The lowest BCUT2D eigenvalue weighted by Crippen LogP contribution is -2.20. The number of carbonyl (C=O) groups is 2. The highest BCUT2D eigenvalue weighted by Crippen LogP contribution is 2.34. The molecule has 0 saturated heterocycles. The highest BCUT2D eigenvalue weighted by molar-refractivity contribution is 7.92. The highest BCUT2D eigenvalue weighted by Gasteiger charge is 2.27. The van der Waals surface area contributed by atoms with Crippen molar-refractivity contribution in [3.8, 4) is 5.75 Å². The molecule has 2 aromatic carbocycles. The molecule has 1 aromatic heterocycles. The molecule has 0 atom stereocenters. The first-order valence-corrected chi connectivity index (χ1v) is 14.1. The van der Waals surface area contributed by atoms with Gasteiger partial charge in [-0.1, -0.05) is 12.1 Å². The van der Waals surface area contributed by atoms with Crippen LogP contribution in [0.4, 0.5) is 16.4 Å². The second-order valence-electron chi connectivity index (χ2n) is 7.61. The zero-order chi connectivity index (χ0) is 27.9. The fourth-order valence-corrected chi connectivity index (χ4v) is 5.81. The Kier molecular flexibility index (Phi) is 9.66. The number of benzene rings is 2. The number of rotatable bonds is 10. The average Bonchev–Trinajstić information content (AvgIpc) is 3.20. The maximum atomic E-state index is 12.8. The van der Waals surface area contributed by atoms with Crippen molar-refractivity contribution in [1.29, 1.82) is 0 Å². The second kappa shape index (κ2) is 12.7. The van der Waals surface area contributed by atoms with Crippen LogP contribution in [0.1, 0.15) is 39.4 Å². The van der Waals surface area contributed by atoms with E-state index in [2.05, 4.69) is 15.4 Å². The predicted octanol–water partition coefficient (Wildman–Crippen LogP) is 5.03. The third-order valence-corrected chi connectivity index (χ3v) is 7.86. The zero-order valence-corrected chi connectivity index (χ0v) is 23.6. The van der Waals surface area contributed by atoms with Crippen molar-refractivity contribution in [3.05, 3.63) is 64.5 Å². The summed E-state index contributed by atoms with van der Waals surface area (Å²) in [6, 6.07) is 12.6. The fourth-order valence-electron chi connectivity index (χ4n) is 3.36. The zero-order valence-electron chi connectivity index (χ0n) is 21.1. The van der Waals surface area contributed by atoms with E-state index in [1.807, 2.05) is 0 Å². The molecule has 1 heterocycles. The van der Waals surface area contributed by atoms with Gasteiger partial charge in [-0.05, 0) is 75.0 Å². The first-order valence-electron chi connectivity index (χ1n) is 11.4. The van der Waals surface area contributed by atoms with Crippen LogP contribution in [-0.4, -0.2) is 45.8 Å². The molecule has 0 aliphatic heterocycles. The van der Waals surface area contributed by atoms with Crippen molar-refractivity contribution in [3.63, 3.8) is 0 Å². The summed E-state index contributed by atoms with van der Waals surface area (Å²) in [5.41, 5.74) is 1.42. The average molecular weight is 578 g/mol. The van der Waals surface area contributed by atoms with Gasteiger partial charge in [0.25, 0.3) is 10.0 Å². The third-order valence-electron chi connectivity index (χ3n) is 5.09. The van der Waals surface area contributed by atoms with Gasteiger partial charge in [0.05, 0.1) is 36.5 Å². The van der Waals surface area contributed by atoms with E-state index in [0.29, 0.717) is 27.7 Å². The van der Waals surface area contributed by atoms with E-state index in [4.69, 9.17) is 26.4 Å². The molecule has 0 aliphatic rings. The van der Waals surface area contributed by atoms with Gasteiger partial charge in [-0.25, -0.2) is 18.0 Å². The summed E-state index contributed by atoms with van der Waals surface area (Å²) in [5, 5.41) is 6.32. The predicted molar refractivity (Wildman–Crippen MR) is 151 cm³/mol. The number of esters is 2. The molecule has 10 nitrogen and oxygen atoms in total. The minimum atomic E-state index is -3.88. The van der Waals surface area contributed by atoms with Crippen molar-refractivity contribution >= 4 is 67.0 Å². The molecule has 0 radical (unpaired) electrons. The van der Waals surface area contributed by atoms with Crippen molar-refractivity contribution in [2.75, 3.05) is 35.7 Å². The minimum absolute atomic E-state index is 0.0328. The maximum absolute atomic E-state index is 12.8. The van der Waals surface area contributed by atoms with Crippen LogP contribution in [0.25, 0.3) is 0 Å². The molecular formula is C25H27N3O7S3. The number of nitrogens with one attached hydrogen (secondary N) is 3. The van der Waals surface area contributed by atoms with E-state index >= 15 is 0 Å². The van der Waals surface area contributed by atoms with E-state index in [9.17, 15) is 18.0 Å². The number of thiocarbonyl (C=S) groups is 1. The number of sulfonamides is 1. The van der Waals surface area contributed by atoms with Gasteiger partial charge >= 0.3 is 11.9 Å². The lowest BCUT2D eigenvalue weighted by atomic mass is 10.1. The van der Waals surface area contributed by atoms with Gasteiger partial charge in [-0.2, -0.15) is 0 Å². The van der Waals surface area contributed by atoms with Crippen LogP contribution in [0.15, 0.2) is 53.4 Å². The van der Waals surface area contributed by atoms with Gasteiger partial charge < -0.3 is 24.8 Å². The van der Waals surface area contributed by atoms with Crippen molar-refractivity contribution in [2.24, 2.45) is 0 Å². The van der Waals surface area contributed by atoms with Gasteiger partial charge in [-0.15, -0.1) is 11.3 Å². The van der Waals surface area contributed by atoms with E-state index in [0.717, 1.165) is 11.3 Å². The first-order chi connectivity index (χ1) is 18.1. The van der Waals surface area contributed by atoms with Crippen LogP contribution in [0.5, 0.6) is 5.75 Å². The highest BCUT2D eigenvalue weighted by atomic mass is 32.2. The van der Waals surface area contributed by atoms with Crippen molar-refractivity contribution in [1.82, 2.24) is 0 Å². The first kappa shape index (κ1) is 28.9. The van der Waals surface area contributed by atoms with E-state index in [1.165, 1.54) is 19.2 Å². The Morgan fingerprint density at radius 2 is 1.58 bits per heavy atom. The normalized spacial score (nSPS) is 10.8. The molecule has 0 unspecified atom stereocenters. The lowest BCUT2D eigenvalue weighted by molar-refractivity contribution is 0.0527. The molecule has 3 aromatic rings. The van der Waals surface area contributed by atoms with Crippen LogP contribution in [0, 0.1) is 6.92 Å². The van der Waals surface area contributed by atoms with Gasteiger partial charge in [0.2, 0.25) is 0 Å². The quantitative estimate of drug-likeness (QED) is 0.223. The number of para-hydroxylation sites is 2. The Bertz CT molecular complexity index is 1430. The summed E-state index contributed by atoms with van der Waals surface area (Å²) in [5.74, 6) is -0.756. The summed E-state index contributed by atoms with van der Waals surface area (Å²) < 4.78 is 43.6. The van der Waals surface area contributed by atoms with Gasteiger partial charge in [0.1, 0.15) is 15.6 Å². The number of ether oxygens (including phenoxy) is 3. The molecule has 38 heavy (non-hydrogen) atoms. The van der Waals surface area contributed by atoms with Crippen LogP contribution >= 0.6 is 23.6 Å². The Balaban J connectivity index is 1.76. The second-order valence-corrected chi connectivity index (χ2v) is 10.7. The minimum Gasteiger partial charge on any atom is -0.495 e. The molecule has 0 saturated carbocycles. The largest absolute Gasteiger partial charge is 0.495 e. The third kappa shape index (κ3) is 6.79. The monoisotopic (exact) mass is 577 g/mol. The van der Waals surface area contributed by atoms with Crippen LogP contribution < -0.4 is 20.1 Å². The van der Waals surface area contributed by atoms with Gasteiger partial charge in [-0.3, -0.25) is 4.72 Å². The smallest absolute Gasteiger partial charge is 0.348 e. The molecular weight excluding hydrogens is 550 g/mol. The van der Waals surface area contributed by atoms with Crippen molar-refractivity contribution in [2.45, 2.75) is 25.7 Å². The molecule has 3 rings (SSSR count). The number of methoxy groups -OCH3 is 1. The van der Waals surface area contributed by atoms with Gasteiger partial charge in [0, 0.05) is 5.69 Å². The Hall–Kier alpha value is -3.68. The lowest BCUT2D eigenvalue weighted by Gasteiger charge is -2.13. The number of hydrogen-bond donors (Lipinski definition) is 3. The molecule has 0 amide bonds. The molecule has 0 fully saturated rings. The van der Waals surface area contributed by atoms with E-state index in [-0.39, 0.29) is 33.7 Å². The Morgan fingerprint density at radius 3 is 2.21 bits per heavy atom. The van der Waals surface area contributed by atoms with Crippen molar-refractivity contribution < 1.29 is 32.2 Å². The molecule has 13 heteroatoms. The summed E-state index contributed by atoms with van der Waals surface area (Å²) in [7, 11) is -2.42. The molecule has 0 aliphatic carbocycles. The number of thiophene rings is 1. The van der Waals surface area contributed by atoms with Gasteiger partial charge in [0.15, 0.2) is 5.11 Å². The number of hydrogen-bond acceptors (Lipinski definition) is 9. The summed E-state index contributed by atoms with van der Waals surface area (Å²) in [6.45, 7) is 5.35. The Labute approximate surface area is 230 Å². The van der Waals surface area contributed by atoms with Crippen LogP contribution in [0.3, 0.4) is 0 Å². The van der Waals surface area contributed by atoms with Crippen LogP contribution in [-0.2, 0) is 19.5 Å².